The quantitative estimate of drug-likeness (QED) is 0.595. The molecule has 0 spiro atoms. The minimum atomic E-state index is -0.583. The fraction of sp³-hybridized carbons (Fsp3) is 0.357. The Hall–Kier alpha value is -1.58. The summed E-state index contributed by atoms with van der Waals surface area (Å²) in [6.07, 6.45) is 0.856. The Morgan fingerprint density at radius 2 is 2.21 bits per heavy atom. The van der Waals surface area contributed by atoms with E-state index in [1.165, 1.54) is 13.2 Å². The Morgan fingerprint density at radius 1 is 1.46 bits per heavy atom. The smallest absolute Gasteiger partial charge is 0.325 e. The lowest BCUT2D eigenvalue weighted by molar-refractivity contribution is -0.137. The fourth-order valence-electron chi connectivity index (χ4n) is 2.28. The maximum Gasteiger partial charge on any atom is 0.325 e. The summed E-state index contributed by atoms with van der Waals surface area (Å²) in [6, 6.07) is 2.63. The van der Waals surface area contributed by atoms with Gasteiger partial charge in [0.1, 0.15) is 11.5 Å². The molecule has 2 aromatic rings. The van der Waals surface area contributed by atoms with Crippen LogP contribution in [0, 0.1) is 5.82 Å². The van der Waals surface area contributed by atoms with Crippen LogP contribution in [0.25, 0.3) is 0 Å². The molecule has 10 heteroatoms. The van der Waals surface area contributed by atoms with Gasteiger partial charge in [0.05, 0.1) is 17.9 Å². The third-order valence-corrected chi connectivity index (χ3v) is 5.76. The van der Waals surface area contributed by atoms with Crippen molar-refractivity contribution in [2.75, 3.05) is 12.9 Å². The molecule has 0 aliphatic carbocycles. The average molecular weight is 390 g/mol. The zero-order valence-electron chi connectivity index (χ0n) is 12.6. The predicted octanol–water partition coefficient (Wildman–Crippen LogP) is 2.41. The average Bonchev–Trinajstić information content (AvgIpc) is 3.14. The molecule has 0 fully saturated rings. The van der Waals surface area contributed by atoms with Gasteiger partial charge in [0.15, 0.2) is 0 Å². The van der Waals surface area contributed by atoms with Crippen LogP contribution in [0.5, 0.6) is 0 Å². The summed E-state index contributed by atoms with van der Waals surface area (Å²) in [4.78, 5) is 28.3. The van der Waals surface area contributed by atoms with Crippen LogP contribution < -0.4 is 9.67 Å². The van der Waals surface area contributed by atoms with E-state index in [0.29, 0.717) is 22.8 Å². The lowest BCUT2D eigenvalue weighted by atomic mass is 10.3. The van der Waals surface area contributed by atoms with Crippen LogP contribution in [0.1, 0.15) is 6.42 Å². The zero-order chi connectivity index (χ0) is 17.3. The number of thioether (sulfide) groups is 1. The summed E-state index contributed by atoms with van der Waals surface area (Å²) < 4.78 is 22.1. The first-order chi connectivity index (χ1) is 11.5. The number of nitrogens with zero attached hydrogens (tertiary/aromatic N) is 3. The minimum Gasteiger partial charge on any atom is -0.468 e. The van der Waals surface area contributed by atoms with Crippen LogP contribution >= 0.6 is 34.7 Å². The zero-order valence-corrected chi connectivity index (χ0v) is 15.0. The van der Waals surface area contributed by atoms with Crippen molar-refractivity contribution >= 4 is 46.4 Å². The number of halogens is 2. The summed E-state index contributed by atoms with van der Waals surface area (Å²) >= 11 is 8.13. The van der Waals surface area contributed by atoms with Gasteiger partial charge >= 0.3 is 10.8 Å². The largest absolute Gasteiger partial charge is 0.468 e. The summed E-state index contributed by atoms with van der Waals surface area (Å²) in [5.74, 6) is -0.927. The molecule has 0 saturated heterocycles. The van der Waals surface area contributed by atoms with E-state index in [1.54, 1.807) is 9.36 Å². The van der Waals surface area contributed by atoms with Crippen molar-refractivity contribution in [3.63, 3.8) is 0 Å². The van der Waals surface area contributed by atoms with E-state index in [1.807, 2.05) is 0 Å². The third kappa shape index (κ3) is 3.42. The molecule has 1 aromatic heterocycles. The number of aromatic nitrogens is 2. The molecule has 0 bridgehead atoms. The Kier molecular flexibility index (Phi) is 5.12. The maximum absolute atomic E-state index is 14.2. The summed E-state index contributed by atoms with van der Waals surface area (Å²) in [7, 11) is 1.29. The van der Waals surface area contributed by atoms with Gasteiger partial charge in [-0.25, -0.2) is 14.1 Å². The molecule has 0 atom stereocenters. The van der Waals surface area contributed by atoms with Crippen LogP contribution in [0.3, 0.4) is 0 Å². The van der Waals surface area contributed by atoms with Gasteiger partial charge in [-0.05, 0) is 29.9 Å². The van der Waals surface area contributed by atoms with Crippen molar-refractivity contribution in [2.45, 2.75) is 24.4 Å². The van der Waals surface area contributed by atoms with Gasteiger partial charge in [-0.15, -0.1) is 11.8 Å². The standard InChI is InChI=1S/C14H13ClFN3O3S2/c1-22-12(20)7-23-11-6-10(9(16)5-8(11)15)17-13-18-3-2-4-19(18)14(21)24-13/h5-6H,2-4,7H2,1H3/b17-13+. The Balaban J connectivity index is 1.99. The van der Waals surface area contributed by atoms with Gasteiger partial charge in [0, 0.05) is 18.0 Å². The molecule has 1 aromatic carbocycles. The number of hydrogen-bond donors (Lipinski definition) is 0. The molecule has 1 aliphatic heterocycles. The van der Waals surface area contributed by atoms with Crippen molar-refractivity contribution in [1.82, 2.24) is 9.36 Å². The van der Waals surface area contributed by atoms with E-state index in [2.05, 4.69) is 9.73 Å². The van der Waals surface area contributed by atoms with E-state index in [9.17, 15) is 14.0 Å². The summed E-state index contributed by atoms with van der Waals surface area (Å²) in [5.41, 5.74) is 0.0795. The molecule has 128 valence electrons. The van der Waals surface area contributed by atoms with Crippen molar-refractivity contribution in [3.05, 3.63) is 37.4 Å². The van der Waals surface area contributed by atoms with Crippen molar-refractivity contribution < 1.29 is 13.9 Å². The molecule has 2 heterocycles. The second kappa shape index (κ2) is 7.12. The van der Waals surface area contributed by atoms with E-state index < -0.39 is 11.8 Å². The Morgan fingerprint density at radius 3 is 2.96 bits per heavy atom. The molecule has 0 saturated carbocycles. The van der Waals surface area contributed by atoms with Gasteiger partial charge < -0.3 is 4.74 Å². The highest BCUT2D eigenvalue weighted by atomic mass is 35.5. The van der Waals surface area contributed by atoms with E-state index in [0.717, 1.165) is 35.6 Å². The first kappa shape index (κ1) is 17.2. The fourth-order valence-corrected chi connectivity index (χ4v) is 4.27. The predicted molar refractivity (Wildman–Crippen MR) is 90.6 cm³/mol. The highest BCUT2D eigenvalue weighted by Crippen LogP contribution is 2.33. The highest BCUT2D eigenvalue weighted by molar-refractivity contribution is 8.00. The molecule has 3 rings (SSSR count). The van der Waals surface area contributed by atoms with Crippen LogP contribution in [-0.4, -0.2) is 28.2 Å². The molecular weight excluding hydrogens is 377 g/mol. The van der Waals surface area contributed by atoms with Crippen LogP contribution in [0.2, 0.25) is 5.02 Å². The highest BCUT2D eigenvalue weighted by Gasteiger charge is 2.16. The maximum atomic E-state index is 14.2. The third-order valence-electron chi connectivity index (χ3n) is 3.43. The number of ether oxygens (including phenoxy) is 1. The first-order valence-electron chi connectivity index (χ1n) is 7.03. The van der Waals surface area contributed by atoms with Crippen molar-refractivity contribution in [3.8, 4) is 0 Å². The number of carbonyl (C=O) groups is 1. The summed E-state index contributed by atoms with van der Waals surface area (Å²) in [6.45, 7) is 1.32. The Bertz CT molecular complexity index is 919. The molecule has 0 radical (unpaired) electrons. The van der Waals surface area contributed by atoms with E-state index >= 15 is 0 Å². The second-order valence-electron chi connectivity index (χ2n) is 4.96. The van der Waals surface area contributed by atoms with Crippen molar-refractivity contribution in [1.29, 1.82) is 0 Å². The molecule has 0 amide bonds. The normalized spacial score (nSPS) is 14.0. The number of methoxy groups -OCH3 is 1. The molecule has 1 aliphatic rings. The van der Waals surface area contributed by atoms with Gasteiger partial charge in [-0.3, -0.25) is 14.3 Å². The minimum absolute atomic E-state index is 0.0605. The van der Waals surface area contributed by atoms with Crippen LogP contribution in [0.4, 0.5) is 10.1 Å². The van der Waals surface area contributed by atoms with Crippen molar-refractivity contribution in [2.24, 2.45) is 4.99 Å². The molecule has 0 unspecified atom stereocenters. The molecule has 24 heavy (non-hydrogen) atoms. The molecule has 6 nitrogen and oxygen atoms in total. The number of hydrogen-bond acceptors (Lipinski definition) is 6. The lowest BCUT2D eigenvalue weighted by Gasteiger charge is -2.06. The number of rotatable bonds is 4. The first-order valence-corrected chi connectivity index (χ1v) is 9.21. The second-order valence-corrected chi connectivity index (χ2v) is 7.30. The Labute approximate surface area is 149 Å². The molecule has 0 N–H and O–H groups in total. The van der Waals surface area contributed by atoms with Gasteiger partial charge in [-0.2, -0.15) is 0 Å². The number of esters is 1. The van der Waals surface area contributed by atoms with Gasteiger partial charge in [0.2, 0.25) is 4.80 Å². The number of fused-ring (bicyclic) bond motifs is 1. The van der Waals surface area contributed by atoms with E-state index in [-0.39, 0.29) is 21.3 Å². The number of benzene rings is 1. The van der Waals surface area contributed by atoms with Gasteiger partial charge in [0.25, 0.3) is 0 Å². The van der Waals surface area contributed by atoms with E-state index in [4.69, 9.17) is 11.6 Å². The lowest BCUT2D eigenvalue weighted by Crippen LogP contribution is -2.19. The topological polar surface area (TPSA) is 65.6 Å². The van der Waals surface area contributed by atoms with Crippen LogP contribution in [0.15, 0.2) is 26.8 Å². The van der Waals surface area contributed by atoms with Crippen LogP contribution in [-0.2, 0) is 22.6 Å². The van der Waals surface area contributed by atoms with Gasteiger partial charge in [-0.1, -0.05) is 11.6 Å². The number of carbonyl (C=O) groups excluding carboxylic acids is 1. The molecular formula is C14H13ClFN3O3S2. The SMILES string of the molecule is COC(=O)CSc1cc(/N=c2/sc(=O)n3n2CCC3)c(F)cc1Cl. The summed E-state index contributed by atoms with van der Waals surface area (Å²) in [5, 5.41) is 0.198. The monoisotopic (exact) mass is 389 g/mol.